The third-order valence-corrected chi connectivity index (χ3v) is 11.9. The van der Waals surface area contributed by atoms with E-state index in [0.717, 1.165) is 77.6 Å². The van der Waals surface area contributed by atoms with Crippen LogP contribution in [0.5, 0.6) is 0 Å². The fourth-order valence-corrected chi connectivity index (χ4v) is 9.65. The summed E-state index contributed by atoms with van der Waals surface area (Å²) in [4.78, 5) is 7.80. The molecular formula is C49H29N3O2S. The average Bonchev–Trinajstić information content (AvgIpc) is 4.02. The van der Waals surface area contributed by atoms with Gasteiger partial charge in [0.05, 0.1) is 33.5 Å². The molecule has 4 heterocycles. The van der Waals surface area contributed by atoms with Gasteiger partial charge in [0.15, 0.2) is 5.58 Å². The second-order valence-electron chi connectivity index (χ2n) is 13.9. The van der Waals surface area contributed by atoms with E-state index >= 15 is 0 Å². The first-order valence-corrected chi connectivity index (χ1v) is 19.2. The summed E-state index contributed by atoms with van der Waals surface area (Å²) in [6.07, 6.45) is 0. The maximum Gasteiger partial charge on any atom is 0.227 e. The molecule has 4 aromatic heterocycles. The zero-order valence-electron chi connectivity index (χ0n) is 29.3. The molecule has 0 aliphatic carbocycles. The normalized spacial score (nSPS) is 12.0. The molecule has 0 atom stereocenters. The molecule has 0 spiro atoms. The molecule has 0 saturated carbocycles. The van der Waals surface area contributed by atoms with E-state index in [-0.39, 0.29) is 0 Å². The summed E-state index contributed by atoms with van der Waals surface area (Å²) < 4.78 is 18.2. The Morgan fingerprint density at radius 3 is 1.98 bits per heavy atom. The summed E-state index contributed by atoms with van der Waals surface area (Å²) in [5, 5.41) is 6.71. The van der Waals surface area contributed by atoms with Gasteiger partial charge in [0, 0.05) is 53.6 Å². The minimum atomic E-state index is 0.562. The summed E-state index contributed by atoms with van der Waals surface area (Å²) in [7, 11) is 0. The number of benzene rings is 8. The van der Waals surface area contributed by atoms with Crippen LogP contribution < -0.4 is 4.90 Å². The highest BCUT2D eigenvalue weighted by Gasteiger charge is 2.30. The van der Waals surface area contributed by atoms with Crippen LogP contribution in [0.2, 0.25) is 0 Å². The van der Waals surface area contributed by atoms with Crippen LogP contribution in [0.3, 0.4) is 0 Å². The highest BCUT2D eigenvalue weighted by molar-refractivity contribution is 7.26. The summed E-state index contributed by atoms with van der Waals surface area (Å²) in [5.41, 5.74) is 10.3. The van der Waals surface area contributed by atoms with Crippen LogP contribution in [-0.2, 0) is 0 Å². The third-order valence-electron chi connectivity index (χ3n) is 10.8. The molecule has 55 heavy (non-hydrogen) atoms. The van der Waals surface area contributed by atoms with E-state index in [9.17, 15) is 0 Å². The average molecular weight is 724 g/mol. The van der Waals surface area contributed by atoms with Gasteiger partial charge in [-0.2, -0.15) is 0 Å². The lowest BCUT2D eigenvalue weighted by atomic mass is 10.0. The fraction of sp³-hybridized carbons (Fsp3) is 0. The van der Waals surface area contributed by atoms with Gasteiger partial charge >= 0.3 is 0 Å². The van der Waals surface area contributed by atoms with Crippen molar-refractivity contribution >= 4 is 103 Å². The molecular weight excluding hydrogens is 695 g/mol. The van der Waals surface area contributed by atoms with Crippen molar-refractivity contribution in [1.82, 2.24) is 9.55 Å². The molecule has 12 aromatic rings. The molecule has 0 saturated heterocycles. The molecule has 12 rings (SSSR count). The molecule has 6 heteroatoms. The van der Waals surface area contributed by atoms with E-state index < -0.39 is 0 Å². The summed E-state index contributed by atoms with van der Waals surface area (Å²) in [5.74, 6) is 0.562. The van der Waals surface area contributed by atoms with Crippen molar-refractivity contribution in [1.29, 1.82) is 0 Å². The first-order chi connectivity index (χ1) is 27.3. The lowest BCUT2D eigenvalue weighted by molar-refractivity contribution is 0.617. The number of furan rings is 1. The van der Waals surface area contributed by atoms with Gasteiger partial charge in [-0.05, 0) is 66.7 Å². The Bertz CT molecular complexity index is 3450. The zero-order valence-corrected chi connectivity index (χ0v) is 30.1. The van der Waals surface area contributed by atoms with E-state index in [4.69, 9.17) is 13.8 Å². The van der Waals surface area contributed by atoms with E-state index in [1.165, 1.54) is 20.2 Å². The molecule has 0 unspecified atom stereocenters. The first-order valence-electron chi connectivity index (χ1n) is 18.4. The number of aromatic nitrogens is 2. The Labute approximate surface area is 318 Å². The SMILES string of the molecule is c1ccc(-c2nc3c(N(c4cccc5sc6ccccc6c45)c4cccc5c4c4ccccc4n5-c4ccccc4)c4c(cc3o2)oc2ccccc24)cc1. The maximum absolute atomic E-state index is 6.68. The van der Waals surface area contributed by atoms with Crippen molar-refractivity contribution in [2.45, 2.75) is 0 Å². The van der Waals surface area contributed by atoms with Gasteiger partial charge in [0.1, 0.15) is 16.7 Å². The van der Waals surface area contributed by atoms with Crippen LogP contribution in [0.1, 0.15) is 0 Å². The first kappa shape index (κ1) is 30.3. The number of anilines is 3. The van der Waals surface area contributed by atoms with Gasteiger partial charge in [-0.25, -0.2) is 4.98 Å². The van der Waals surface area contributed by atoms with Crippen molar-refractivity contribution < 1.29 is 8.83 Å². The number of para-hydroxylation sites is 3. The number of thiophene rings is 1. The molecule has 0 bridgehead atoms. The van der Waals surface area contributed by atoms with Crippen molar-refractivity contribution in [3.8, 4) is 17.1 Å². The van der Waals surface area contributed by atoms with E-state index in [0.29, 0.717) is 11.5 Å². The second-order valence-corrected chi connectivity index (χ2v) is 15.0. The number of fused-ring (bicyclic) bond motifs is 10. The Balaban J connectivity index is 1.30. The Morgan fingerprint density at radius 2 is 1.13 bits per heavy atom. The highest BCUT2D eigenvalue weighted by atomic mass is 32.1. The highest BCUT2D eigenvalue weighted by Crippen LogP contribution is 2.53. The van der Waals surface area contributed by atoms with E-state index in [1.54, 1.807) is 0 Å². The smallest absolute Gasteiger partial charge is 0.227 e. The maximum atomic E-state index is 6.68. The predicted octanol–water partition coefficient (Wildman–Crippen LogP) is 14.3. The van der Waals surface area contributed by atoms with Crippen LogP contribution in [-0.4, -0.2) is 9.55 Å². The minimum Gasteiger partial charge on any atom is -0.456 e. The van der Waals surface area contributed by atoms with Gasteiger partial charge in [-0.3, -0.25) is 0 Å². The zero-order chi connectivity index (χ0) is 36.0. The fourth-order valence-electron chi connectivity index (χ4n) is 8.52. The lowest BCUT2D eigenvalue weighted by Crippen LogP contribution is -2.12. The Hall–Kier alpha value is -7.15. The summed E-state index contributed by atoms with van der Waals surface area (Å²) in [6.45, 7) is 0. The quantitative estimate of drug-likeness (QED) is 0.177. The number of oxazole rings is 1. The summed E-state index contributed by atoms with van der Waals surface area (Å²) >= 11 is 1.82. The number of hydrogen-bond donors (Lipinski definition) is 0. The van der Waals surface area contributed by atoms with Crippen molar-refractivity contribution in [2.24, 2.45) is 0 Å². The molecule has 8 aromatic carbocycles. The minimum absolute atomic E-state index is 0.562. The molecule has 5 nitrogen and oxygen atoms in total. The monoisotopic (exact) mass is 723 g/mol. The standard InChI is InChI=1S/C49H29N3O2S/c1-3-15-30(16-4-1)49-50-47-41(54-49)29-40-46(33-20-8-11-26-39(33)53-40)48(47)52(38-25-14-28-43-45(38)34-21-9-12-27-42(34)55-43)37-24-13-23-36-44(37)32-19-7-10-22-35(32)51(36)31-17-5-2-6-18-31/h1-29H. The molecule has 0 aliphatic heterocycles. The van der Waals surface area contributed by atoms with Gasteiger partial charge in [0.25, 0.3) is 0 Å². The molecule has 258 valence electrons. The molecule has 0 N–H and O–H groups in total. The number of nitrogens with zero attached hydrogens (tertiary/aromatic N) is 3. The topological polar surface area (TPSA) is 47.3 Å². The van der Waals surface area contributed by atoms with Crippen LogP contribution in [0.4, 0.5) is 17.1 Å². The molecule has 0 fully saturated rings. The van der Waals surface area contributed by atoms with Gasteiger partial charge < -0.3 is 18.3 Å². The van der Waals surface area contributed by atoms with Gasteiger partial charge in [-0.15, -0.1) is 11.3 Å². The van der Waals surface area contributed by atoms with E-state index in [2.05, 4.69) is 137 Å². The van der Waals surface area contributed by atoms with Crippen LogP contribution in [0.15, 0.2) is 185 Å². The third kappa shape index (κ3) is 4.43. The lowest BCUT2D eigenvalue weighted by Gasteiger charge is -2.28. The van der Waals surface area contributed by atoms with Crippen LogP contribution >= 0.6 is 11.3 Å². The predicted molar refractivity (Wildman–Crippen MR) is 229 cm³/mol. The number of hydrogen-bond acceptors (Lipinski definition) is 5. The second kappa shape index (κ2) is 11.7. The van der Waals surface area contributed by atoms with E-state index in [1.807, 2.05) is 59.9 Å². The van der Waals surface area contributed by atoms with Crippen molar-refractivity contribution in [3.63, 3.8) is 0 Å². The van der Waals surface area contributed by atoms with Crippen LogP contribution in [0.25, 0.3) is 92.2 Å². The largest absolute Gasteiger partial charge is 0.456 e. The molecule has 0 radical (unpaired) electrons. The van der Waals surface area contributed by atoms with Crippen molar-refractivity contribution in [3.05, 3.63) is 176 Å². The molecule has 0 amide bonds. The van der Waals surface area contributed by atoms with Gasteiger partial charge in [-0.1, -0.05) is 103 Å². The van der Waals surface area contributed by atoms with Crippen molar-refractivity contribution in [2.75, 3.05) is 4.90 Å². The summed E-state index contributed by atoms with van der Waals surface area (Å²) in [6, 6.07) is 61.8. The Morgan fingerprint density at radius 1 is 0.473 bits per heavy atom. The molecule has 0 aliphatic rings. The van der Waals surface area contributed by atoms with Gasteiger partial charge in [0.2, 0.25) is 5.89 Å². The Kier molecular flexibility index (Phi) is 6.44. The van der Waals surface area contributed by atoms with Crippen LogP contribution in [0, 0.1) is 0 Å². The number of rotatable bonds is 5.